The van der Waals surface area contributed by atoms with E-state index < -0.39 is 5.54 Å². The number of nitrogens with one attached hydrogen (secondary N) is 1. The first kappa shape index (κ1) is 18.8. The normalized spacial score (nSPS) is 18.2. The third kappa shape index (κ3) is 3.57. The molecule has 1 heterocycles. The summed E-state index contributed by atoms with van der Waals surface area (Å²) >= 11 is 1.56. The van der Waals surface area contributed by atoms with Gasteiger partial charge in [-0.25, -0.2) is 9.37 Å². The topological polar surface area (TPSA) is 68.0 Å². The molecule has 0 fully saturated rings. The van der Waals surface area contributed by atoms with E-state index in [4.69, 9.17) is 10.7 Å². The molecule has 1 aromatic heterocycles. The number of hydrogen-bond donors (Lipinski definition) is 2. The Kier molecular flexibility index (Phi) is 5.00. The largest absolute Gasteiger partial charge is 0.347 e. The van der Waals surface area contributed by atoms with Gasteiger partial charge < -0.3 is 11.1 Å². The van der Waals surface area contributed by atoms with Gasteiger partial charge in [0.25, 0.3) is 0 Å². The number of carbonyl (C=O) groups is 1. The average molecular weight is 396 g/mol. The van der Waals surface area contributed by atoms with Crippen LogP contribution in [0.5, 0.6) is 0 Å². The number of fused-ring (bicyclic) bond motifs is 1. The summed E-state index contributed by atoms with van der Waals surface area (Å²) in [5, 5.41) is 3.99. The van der Waals surface area contributed by atoms with E-state index in [1.165, 1.54) is 12.1 Å². The van der Waals surface area contributed by atoms with Crippen molar-refractivity contribution in [1.82, 2.24) is 10.3 Å². The molecular formula is C22H22FN3OS. The number of amides is 1. The van der Waals surface area contributed by atoms with Crippen molar-refractivity contribution in [2.45, 2.75) is 37.8 Å². The first-order chi connectivity index (χ1) is 13.4. The van der Waals surface area contributed by atoms with Crippen molar-refractivity contribution < 1.29 is 9.18 Å². The second kappa shape index (κ2) is 7.45. The van der Waals surface area contributed by atoms with E-state index in [9.17, 15) is 9.18 Å². The molecule has 4 rings (SSSR count). The Bertz CT molecular complexity index is 983. The maximum absolute atomic E-state index is 13.2. The highest BCUT2D eigenvalue weighted by Crippen LogP contribution is 2.38. The van der Waals surface area contributed by atoms with Crippen molar-refractivity contribution >= 4 is 17.2 Å². The molecule has 3 N–H and O–H groups in total. The van der Waals surface area contributed by atoms with Gasteiger partial charge in [-0.15, -0.1) is 11.3 Å². The van der Waals surface area contributed by atoms with Crippen molar-refractivity contribution in [1.29, 1.82) is 0 Å². The third-order valence-corrected chi connectivity index (χ3v) is 6.45. The highest BCUT2D eigenvalue weighted by Gasteiger charge is 2.34. The molecule has 0 aliphatic heterocycles. The van der Waals surface area contributed by atoms with Crippen molar-refractivity contribution in [2.75, 3.05) is 0 Å². The van der Waals surface area contributed by atoms with Crippen LogP contribution in [0.1, 0.15) is 41.9 Å². The van der Waals surface area contributed by atoms with Gasteiger partial charge in [-0.1, -0.05) is 30.3 Å². The first-order valence-corrected chi connectivity index (χ1v) is 10.2. The van der Waals surface area contributed by atoms with Crippen LogP contribution in [0, 0.1) is 5.82 Å². The van der Waals surface area contributed by atoms with Crippen molar-refractivity contribution in [2.24, 2.45) is 5.73 Å². The summed E-state index contributed by atoms with van der Waals surface area (Å²) in [5.41, 5.74) is 7.94. The minimum absolute atomic E-state index is 0.102. The lowest BCUT2D eigenvalue weighted by Crippen LogP contribution is -2.50. The Hall–Kier alpha value is -2.57. The zero-order valence-corrected chi connectivity index (χ0v) is 16.4. The number of aryl methyl sites for hydroxylation is 1. The molecule has 4 nitrogen and oxygen atoms in total. The van der Waals surface area contributed by atoms with E-state index in [1.54, 1.807) is 30.4 Å². The number of nitrogens with zero attached hydrogens (tertiary/aromatic N) is 1. The lowest BCUT2D eigenvalue weighted by molar-refractivity contribution is -0.127. The van der Waals surface area contributed by atoms with Gasteiger partial charge in [-0.05, 0) is 56.0 Å². The standard InChI is InChI=1S/C22H22FN3OS/c1-22(24,15-6-3-2-4-7-15)21(27)26-18-9-5-8-17-19(18)28-20(25-17)14-10-12-16(23)13-11-14/h2-4,6-7,10-13,18H,5,8-9,24H2,1H3,(H,26,27). The molecule has 0 spiro atoms. The molecule has 0 saturated carbocycles. The number of halogens is 1. The number of nitrogens with two attached hydrogens (primary N) is 1. The van der Waals surface area contributed by atoms with Gasteiger partial charge >= 0.3 is 0 Å². The van der Waals surface area contributed by atoms with Gasteiger partial charge in [-0.2, -0.15) is 0 Å². The molecule has 1 amide bonds. The summed E-state index contributed by atoms with van der Waals surface area (Å²) in [4.78, 5) is 18.8. The summed E-state index contributed by atoms with van der Waals surface area (Å²) in [5.74, 6) is -0.466. The van der Waals surface area contributed by atoms with Gasteiger partial charge in [0.1, 0.15) is 16.4 Å². The van der Waals surface area contributed by atoms with E-state index >= 15 is 0 Å². The zero-order chi connectivity index (χ0) is 19.7. The fourth-order valence-electron chi connectivity index (χ4n) is 3.50. The minimum atomic E-state index is -1.11. The van der Waals surface area contributed by atoms with Crippen LogP contribution in [0.4, 0.5) is 4.39 Å². The fraction of sp³-hybridized carbons (Fsp3) is 0.273. The lowest BCUT2D eigenvalue weighted by atomic mass is 9.90. The molecule has 1 aliphatic carbocycles. The van der Waals surface area contributed by atoms with Crippen LogP contribution < -0.4 is 11.1 Å². The Morgan fingerprint density at radius 1 is 1.21 bits per heavy atom. The van der Waals surface area contributed by atoms with Crippen molar-refractivity contribution in [3.8, 4) is 10.6 Å². The van der Waals surface area contributed by atoms with E-state index in [0.717, 1.165) is 46.0 Å². The van der Waals surface area contributed by atoms with Crippen LogP contribution in [-0.2, 0) is 16.8 Å². The quantitative estimate of drug-likeness (QED) is 0.691. The van der Waals surface area contributed by atoms with Gasteiger partial charge in [0.05, 0.1) is 16.6 Å². The average Bonchev–Trinajstić information content (AvgIpc) is 3.14. The SMILES string of the molecule is CC(N)(C(=O)NC1CCCc2nc(-c3ccc(F)cc3)sc21)c1ccccc1. The number of benzene rings is 2. The molecule has 1 aliphatic rings. The zero-order valence-electron chi connectivity index (χ0n) is 15.6. The predicted molar refractivity (Wildman–Crippen MR) is 109 cm³/mol. The summed E-state index contributed by atoms with van der Waals surface area (Å²) < 4.78 is 13.2. The highest BCUT2D eigenvalue weighted by molar-refractivity contribution is 7.15. The summed E-state index contributed by atoms with van der Waals surface area (Å²) in [6.45, 7) is 1.73. The van der Waals surface area contributed by atoms with Crippen molar-refractivity contribution in [3.63, 3.8) is 0 Å². The van der Waals surface area contributed by atoms with Crippen LogP contribution in [0.25, 0.3) is 10.6 Å². The highest BCUT2D eigenvalue weighted by atomic mass is 32.1. The summed E-state index contributed by atoms with van der Waals surface area (Å²) in [6.07, 6.45) is 2.70. The third-order valence-electron chi connectivity index (χ3n) is 5.19. The molecule has 144 valence electrons. The smallest absolute Gasteiger partial charge is 0.244 e. The molecule has 6 heteroatoms. The fourth-order valence-corrected chi connectivity index (χ4v) is 4.70. The second-order valence-corrected chi connectivity index (χ2v) is 8.35. The Labute approximate surface area is 167 Å². The Morgan fingerprint density at radius 2 is 1.93 bits per heavy atom. The van der Waals surface area contributed by atoms with E-state index in [-0.39, 0.29) is 17.8 Å². The number of carbonyl (C=O) groups excluding carboxylic acids is 1. The minimum Gasteiger partial charge on any atom is -0.347 e. The Balaban J connectivity index is 1.58. The molecule has 0 saturated heterocycles. The molecule has 2 unspecified atom stereocenters. The van der Waals surface area contributed by atoms with E-state index in [1.807, 2.05) is 30.3 Å². The molecule has 0 bridgehead atoms. The number of thiazole rings is 1. The maximum atomic E-state index is 13.2. The van der Waals surface area contributed by atoms with E-state index in [0.29, 0.717) is 0 Å². The predicted octanol–water partition coefficient (Wildman–Crippen LogP) is 4.32. The van der Waals surface area contributed by atoms with Gasteiger partial charge in [0, 0.05) is 5.56 Å². The molecule has 3 aromatic rings. The van der Waals surface area contributed by atoms with E-state index in [2.05, 4.69) is 5.32 Å². The number of rotatable bonds is 4. The number of aromatic nitrogens is 1. The molecule has 2 atom stereocenters. The summed E-state index contributed by atoms with van der Waals surface area (Å²) in [6, 6.07) is 15.6. The van der Waals surface area contributed by atoms with Gasteiger partial charge in [-0.3, -0.25) is 4.79 Å². The van der Waals surface area contributed by atoms with Crippen LogP contribution >= 0.6 is 11.3 Å². The van der Waals surface area contributed by atoms with Gasteiger partial charge in [0.2, 0.25) is 5.91 Å². The van der Waals surface area contributed by atoms with Crippen molar-refractivity contribution in [3.05, 3.63) is 76.5 Å². The van der Waals surface area contributed by atoms with Crippen LogP contribution in [0.3, 0.4) is 0 Å². The maximum Gasteiger partial charge on any atom is 0.244 e. The summed E-state index contributed by atoms with van der Waals surface area (Å²) in [7, 11) is 0. The monoisotopic (exact) mass is 395 g/mol. The Morgan fingerprint density at radius 3 is 2.64 bits per heavy atom. The molecule has 2 aromatic carbocycles. The molecular weight excluding hydrogens is 373 g/mol. The lowest BCUT2D eigenvalue weighted by Gasteiger charge is -2.29. The van der Waals surface area contributed by atoms with Gasteiger partial charge in [0.15, 0.2) is 0 Å². The van der Waals surface area contributed by atoms with Crippen LogP contribution in [-0.4, -0.2) is 10.9 Å². The van der Waals surface area contributed by atoms with Crippen LogP contribution in [0.15, 0.2) is 54.6 Å². The molecule has 0 radical (unpaired) electrons. The van der Waals surface area contributed by atoms with Crippen LogP contribution in [0.2, 0.25) is 0 Å². The second-order valence-electron chi connectivity index (χ2n) is 7.32. The molecule has 28 heavy (non-hydrogen) atoms. The first-order valence-electron chi connectivity index (χ1n) is 9.36. The number of hydrogen-bond acceptors (Lipinski definition) is 4.